The first-order valence-electron chi connectivity index (χ1n) is 11.1. The van der Waals surface area contributed by atoms with Gasteiger partial charge in [0.15, 0.2) is 5.11 Å². The fourth-order valence-corrected chi connectivity index (χ4v) is 4.73. The number of pyridine rings is 1. The van der Waals surface area contributed by atoms with Gasteiger partial charge in [-0.15, -0.1) is 0 Å². The van der Waals surface area contributed by atoms with Crippen LogP contribution in [-0.4, -0.2) is 32.2 Å². The number of anilines is 1. The van der Waals surface area contributed by atoms with E-state index in [1.54, 1.807) is 18.3 Å². The number of furan rings is 1. The molecule has 2 aromatic carbocycles. The number of carboxylic acid groups (broad SMARTS) is 2. The summed E-state index contributed by atoms with van der Waals surface area (Å²) in [5, 5.41) is 22.8. The summed E-state index contributed by atoms with van der Waals surface area (Å²) in [6.07, 6.45) is 1.71. The van der Waals surface area contributed by atoms with Crippen molar-refractivity contribution in [1.29, 1.82) is 0 Å². The van der Waals surface area contributed by atoms with Gasteiger partial charge in [0.25, 0.3) is 0 Å². The van der Waals surface area contributed by atoms with Crippen molar-refractivity contribution in [3.8, 4) is 11.3 Å². The van der Waals surface area contributed by atoms with E-state index in [2.05, 4.69) is 10.3 Å². The van der Waals surface area contributed by atoms with E-state index in [-0.39, 0.29) is 17.2 Å². The maximum Gasteiger partial charge on any atom is 0.335 e. The van der Waals surface area contributed by atoms with Gasteiger partial charge in [-0.25, -0.2) is 9.59 Å². The van der Waals surface area contributed by atoms with Gasteiger partial charge in [-0.05, 0) is 79.3 Å². The van der Waals surface area contributed by atoms with Crippen LogP contribution in [0, 0.1) is 6.92 Å². The standard InChI is InChI=1S/C27H21N3O5S/c1-15-5-4-6-19(11-15)30-24(23(29-27(30)36)20-7-2-3-10-28-20)22-9-8-21(35-22)16-12-17(25(31)32)14-18(13-16)26(33)34/h2-14,23-24H,1H3,(H,29,36)(H,31,32)(H,33,34). The topological polar surface area (TPSA) is 116 Å². The quantitative estimate of drug-likeness (QED) is 0.307. The molecule has 2 atom stereocenters. The van der Waals surface area contributed by atoms with E-state index in [4.69, 9.17) is 16.6 Å². The molecule has 2 unspecified atom stereocenters. The number of nitrogens with one attached hydrogen (secondary N) is 1. The third-order valence-electron chi connectivity index (χ3n) is 6.01. The lowest BCUT2D eigenvalue weighted by Crippen LogP contribution is -2.29. The number of hydrogen-bond donors (Lipinski definition) is 3. The van der Waals surface area contributed by atoms with Crippen LogP contribution in [0.4, 0.5) is 5.69 Å². The maximum absolute atomic E-state index is 11.6. The molecule has 8 nitrogen and oxygen atoms in total. The third kappa shape index (κ3) is 4.32. The molecule has 1 aliphatic rings. The first-order valence-corrected chi connectivity index (χ1v) is 11.5. The van der Waals surface area contributed by atoms with Crippen molar-refractivity contribution in [1.82, 2.24) is 10.3 Å². The van der Waals surface area contributed by atoms with Gasteiger partial charge in [0.05, 0.1) is 22.9 Å². The molecule has 4 aromatic rings. The van der Waals surface area contributed by atoms with E-state index in [9.17, 15) is 19.8 Å². The molecular weight excluding hydrogens is 478 g/mol. The Morgan fingerprint density at radius 2 is 1.72 bits per heavy atom. The molecule has 0 spiro atoms. The Balaban J connectivity index is 1.62. The molecule has 5 rings (SSSR count). The number of rotatable bonds is 6. The number of nitrogens with zero attached hydrogens (tertiary/aromatic N) is 2. The zero-order chi connectivity index (χ0) is 25.4. The zero-order valence-electron chi connectivity index (χ0n) is 19.1. The van der Waals surface area contributed by atoms with Crippen LogP contribution >= 0.6 is 12.2 Å². The summed E-state index contributed by atoms with van der Waals surface area (Å²) in [4.78, 5) is 29.6. The number of hydrogen-bond acceptors (Lipinski definition) is 5. The number of carbonyl (C=O) groups is 2. The third-order valence-corrected chi connectivity index (χ3v) is 6.32. The molecule has 9 heteroatoms. The number of carboxylic acids is 2. The van der Waals surface area contributed by atoms with E-state index in [1.165, 1.54) is 12.1 Å². The molecular formula is C27H21N3O5S. The molecule has 3 heterocycles. The lowest BCUT2D eigenvalue weighted by molar-refractivity contribution is 0.0696. The van der Waals surface area contributed by atoms with Gasteiger partial charge in [-0.3, -0.25) is 4.98 Å². The Kier molecular flexibility index (Phi) is 5.99. The van der Waals surface area contributed by atoms with Gasteiger partial charge in [0.1, 0.15) is 17.6 Å². The highest BCUT2D eigenvalue weighted by Gasteiger charge is 2.42. The van der Waals surface area contributed by atoms with Crippen LogP contribution in [0.15, 0.2) is 83.4 Å². The Labute approximate surface area is 211 Å². The first-order chi connectivity index (χ1) is 17.3. The predicted octanol–water partition coefficient (Wildman–Crippen LogP) is 5.22. The average Bonchev–Trinajstić information content (AvgIpc) is 3.49. The Morgan fingerprint density at radius 3 is 2.36 bits per heavy atom. The molecule has 0 saturated carbocycles. The summed E-state index contributed by atoms with van der Waals surface area (Å²) in [6, 6.07) is 20.3. The van der Waals surface area contributed by atoms with E-state index in [0.29, 0.717) is 22.2 Å². The molecule has 0 aliphatic carbocycles. The zero-order valence-corrected chi connectivity index (χ0v) is 19.9. The van der Waals surface area contributed by atoms with Crippen LogP contribution in [-0.2, 0) is 0 Å². The minimum Gasteiger partial charge on any atom is -0.478 e. The molecule has 36 heavy (non-hydrogen) atoms. The smallest absolute Gasteiger partial charge is 0.335 e. The van der Waals surface area contributed by atoms with Crippen molar-refractivity contribution in [3.63, 3.8) is 0 Å². The van der Waals surface area contributed by atoms with Gasteiger partial charge in [-0.2, -0.15) is 0 Å². The summed E-state index contributed by atoms with van der Waals surface area (Å²) in [5.41, 5.74) is 2.80. The second kappa shape index (κ2) is 9.27. The molecule has 1 fully saturated rings. The summed E-state index contributed by atoms with van der Waals surface area (Å²) < 4.78 is 6.25. The Bertz CT molecular complexity index is 1450. The summed E-state index contributed by atoms with van der Waals surface area (Å²) in [6.45, 7) is 2.00. The molecule has 3 N–H and O–H groups in total. The van der Waals surface area contributed by atoms with Crippen molar-refractivity contribution in [2.75, 3.05) is 4.90 Å². The van der Waals surface area contributed by atoms with Gasteiger partial charge < -0.3 is 24.8 Å². The number of benzene rings is 2. The van der Waals surface area contributed by atoms with Crippen molar-refractivity contribution in [2.24, 2.45) is 0 Å². The highest BCUT2D eigenvalue weighted by molar-refractivity contribution is 7.80. The molecule has 0 radical (unpaired) electrons. The molecule has 180 valence electrons. The minimum absolute atomic E-state index is 0.140. The van der Waals surface area contributed by atoms with E-state index < -0.39 is 18.0 Å². The number of aromatic nitrogens is 1. The van der Waals surface area contributed by atoms with E-state index in [0.717, 1.165) is 23.0 Å². The van der Waals surface area contributed by atoms with Crippen LogP contribution in [0.2, 0.25) is 0 Å². The first kappa shape index (κ1) is 23.3. The fraction of sp³-hybridized carbons (Fsp3) is 0.111. The monoisotopic (exact) mass is 499 g/mol. The van der Waals surface area contributed by atoms with Gasteiger partial charge >= 0.3 is 11.9 Å². The van der Waals surface area contributed by atoms with Crippen LogP contribution in [0.3, 0.4) is 0 Å². The van der Waals surface area contributed by atoms with Gasteiger partial charge in [0.2, 0.25) is 0 Å². The second-order valence-electron chi connectivity index (χ2n) is 8.45. The highest BCUT2D eigenvalue weighted by Crippen LogP contribution is 2.43. The Morgan fingerprint density at radius 1 is 0.972 bits per heavy atom. The summed E-state index contributed by atoms with van der Waals surface area (Å²) in [5.74, 6) is -1.54. The number of aromatic carboxylic acids is 2. The predicted molar refractivity (Wildman–Crippen MR) is 137 cm³/mol. The molecule has 0 bridgehead atoms. The van der Waals surface area contributed by atoms with Crippen LogP contribution in [0.5, 0.6) is 0 Å². The summed E-state index contributed by atoms with van der Waals surface area (Å²) in [7, 11) is 0. The molecule has 1 saturated heterocycles. The lowest BCUT2D eigenvalue weighted by Gasteiger charge is -2.26. The second-order valence-corrected chi connectivity index (χ2v) is 8.83. The number of aryl methyl sites for hydroxylation is 1. The maximum atomic E-state index is 11.6. The van der Waals surface area contributed by atoms with Crippen LogP contribution in [0.25, 0.3) is 11.3 Å². The SMILES string of the molecule is Cc1cccc(N2C(=S)NC(c3ccccn3)C2c2ccc(-c3cc(C(=O)O)cc(C(=O)O)c3)o2)c1. The lowest BCUT2D eigenvalue weighted by atomic mass is 10.0. The van der Waals surface area contributed by atoms with Gasteiger partial charge in [-0.1, -0.05) is 18.2 Å². The van der Waals surface area contributed by atoms with Crippen molar-refractivity contribution in [3.05, 3.63) is 107 Å². The van der Waals surface area contributed by atoms with Crippen molar-refractivity contribution in [2.45, 2.75) is 19.0 Å². The summed E-state index contributed by atoms with van der Waals surface area (Å²) >= 11 is 5.73. The van der Waals surface area contributed by atoms with Crippen LogP contribution in [0.1, 0.15) is 49.8 Å². The average molecular weight is 500 g/mol. The van der Waals surface area contributed by atoms with Crippen molar-refractivity contribution >= 4 is 35.0 Å². The van der Waals surface area contributed by atoms with Crippen molar-refractivity contribution < 1.29 is 24.2 Å². The van der Waals surface area contributed by atoms with Crippen LogP contribution < -0.4 is 10.2 Å². The highest BCUT2D eigenvalue weighted by atomic mass is 32.1. The van der Waals surface area contributed by atoms with E-state index >= 15 is 0 Å². The van der Waals surface area contributed by atoms with Gasteiger partial charge in [0, 0.05) is 17.4 Å². The molecule has 1 aliphatic heterocycles. The number of thiocarbonyl (C=S) groups is 1. The normalized spacial score (nSPS) is 17.1. The molecule has 0 amide bonds. The fourth-order valence-electron chi connectivity index (χ4n) is 4.38. The Hall–Kier alpha value is -4.50. The minimum atomic E-state index is -1.22. The molecule has 2 aromatic heterocycles. The van der Waals surface area contributed by atoms with E-state index in [1.807, 2.05) is 54.3 Å². The largest absolute Gasteiger partial charge is 0.478 e.